The number of ether oxygens (including phenoxy) is 1. The summed E-state index contributed by atoms with van der Waals surface area (Å²) in [6.07, 6.45) is 8.35. The topological polar surface area (TPSA) is 156 Å². The Morgan fingerprint density at radius 3 is 2.67 bits per heavy atom. The fourth-order valence-corrected chi connectivity index (χ4v) is 5.86. The number of rotatable bonds is 12. The molecular weight excluding hydrogens is 521 g/mol. The normalized spacial score (nSPS) is 21.1. The van der Waals surface area contributed by atoms with E-state index >= 15 is 0 Å². The van der Waals surface area contributed by atoms with Crippen molar-refractivity contribution in [1.82, 2.24) is 24.6 Å². The molecule has 0 aliphatic heterocycles. The number of nitrogens with zero attached hydrogens (tertiary/aromatic N) is 4. The molecule has 0 saturated heterocycles. The van der Waals surface area contributed by atoms with Gasteiger partial charge >= 0.3 is 13.7 Å². The van der Waals surface area contributed by atoms with Crippen molar-refractivity contribution in [2.45, 2.75) is 64.3 Å². The summed E-state index contributed by atoms with van der Waals surface area (Å²) < 4.78 is 32.6. The Morgan fingerprint density at radius 2 is 1.95 bits per heavy atom. The van der Waals surface area contributed by atoms with Gasteiger partial charge in [0.05, 0.1) is 25.1 Å². The molecule has 208 valence electrons. The molecule has 13 heteroatoms. The Morgan fingerprint density at radius 1 is 1.18 bits per heavy atom. The zero-order chi connectivity index (χ0) is 27.6. The van der Waals surface area contributed by atoms with Crippen molar-refractivity contribution in [2.75, 3.05) is 17.7 Å². The minimum Gasteiger partial charge on any atom is -0.462 e. The van der Waals surface area contributed by atoms with Crippen LogP contribution in [0.2, 0.25) is 0 Å². The van der Waals surface area contributed by atoms with Gasteiger partial charge in [0.2, 0.25) is 5.95 Å². The number of para-hydroxylation sites is 1. The highest BCUT2D eigenvalue weighted by atomic mass is 31.2. The van der Waals surface area contributed by atoms with Crippen molar-refractivity contribution in [3.63, 3.8) is 0 Å². The third-order valence-electron chi connectivity index (χ3n) is 6.35. The molecule has 5 rings (SSSR count). The first-order valence-electron chi connectivity index (χ1n) is 13.1. The summed E-state index contributed by atoms with van der Waals surface area (Å²) in [5, 5.41) is 6.10. The molecule has 4 N–H and O–H groups in total. The predicted molar refractivity (Wildman–Crippen MR) is 147 cm³/mol. The van der Waals surface area contributed by atoms with Crippen LogP contribution in [0.3, 0.4) is 0 Å². The second kappa shape index (κ2) is 11.3. The summed E-state index contributed by atoms with van der Waals surface area (Å²) in [5.41, 5.74) is 7.32. The summed E-state index contributed by atoms with van der Waals surface area (Å²) in [4.78, 5) is 25.7. The molecule has 0 amide bonds. The van der Waals surface area contributed by atoms with Crippen molar-refractivity contribution in [3.8, 4) is 5.75 Å². The second-order valence-corrected chi connectivity index (χ2v) is 11.8. The van der Waals surface area contributed by atoms with E-state index in [-0.39, 0.29) is 30.6 Å². The molecule has 2 aliphatic rings. The van der Waals surface area contributed by atoms with E-state index in [0.29, 0.717) is 35.2 Å². The van der Waals surface area contributed by atoms with Crippen molar-refractivity contribution in [2.24, 2.45) is 5.92 Å². The Labute approximate surface area is 226 Å². The van der Waals surface area contributed by atoms with E-state index in [1.165, 1.54) is 0 Å². The van der Waals surface area contributed by atoms with E-state index in [2.05, 4.69) is 25.4 Å². The third-order valence-corrected chi connectivity index (χ3v) is 7.99. The van der Waals surface area contributed by atoms with Crippen molar-refractivity contribution < 1.29 is 23.1 Å². The van der Waals surface area contributed by atoms with Gasteiger partial charge in [0, 0.05) is 12.0 Å². The smallest absolute Gasteiger partial charge is 0.459 e. The van der Waals surface area contributed by atoms with Gasteiger partial charge in [-0.15, -0.1) is 0 Å². The lowest BCUT2D eigenvalue weighted by Gasteiger charge is -2.24. The summed E-state index contributed by atoms with van der Waals surface area (Å²) >= 11 is 0. The van der Waals surface area contributed by atoms with Gasteiger partial charge in [-0.3, -0.25) is 9.32 Å². The number of anilines is 2. The van der Waals surface area contributed by atoms with E-state index < -0.39 is 19.8 Å². The molecule has 0 spiro atoms. The maximum atomic E-state index is 13.8. The number of nitrogen functional groups attached to an aromatic ring is 1. The Kier molecular flexibility index (Phi) is 7.88. The molecule has 4 atom stereocenters. The molecule has 1 saturated carbocycles. The Bertz CT molecular complexity index is 1390. The second-order valence-electron chi connectivity index (χ2n) is 10.2. The first kappa shape index (κ1) is 27.1. The fraction of sp³-hybridized carbons (Fsp3) is 0.462. The summed E-state index contributed by atoms with van der Waals surface area (Å²) in [6, 6.07) is 8.13. The van der Waals surface area contributed by atoms with Gasteiger partial charge < -0.3 is 24.9 Å². The van der Waals surface area contributed by atoms with Gasteiger partial charge in [0.1, 0.15) is 11.8 Å². The maximum Gasteiger partial charge on any atom is 0.459 e. The predicted octanol–water partition coefficient (Wildman–Crippen LogP) is 4.23. The number of nitrogens with one attached hydrogen (secondary N) is 2. The minimum atomic E-state index is -3.94. The van der Waals surface area contributed by atoms with Crippen LogP contribution in [0.15, 0.2) is 48.8 Å². The largest absolute Gasteiger partial charge is 0.462 e. The number of carbonyl (C=O) groups is 1. The van der Waals surface area contributed by atoms with Crippen LogP contribution in [-0.4, -0.2) is 50.3 Å². The van der Waals surface area contributed by atoms with Crippen LogP contribution in [0.25, 0.3) is 11.2 Å². The van der Waals surface area contributed by atoms with Crippen LogP contribution in [0.4, 0.5) is 11.8 Å². The van der Waals surface area contributed by atoms with E-state index in [1.54, 1.807) is 51.4 Å². The number of allylic oxidation sites excluding steroid dienone is 1. The molecule has 2 aromatic heterocycles. The SMILES string of the molecule is CC(C)OC(=O)[C@H](C)NP(=O)(OC[C@@H]1C=C[C@H](n2cnc3c(NC4CC4)nc(N)nc32)C1)Oc1ccccc1. The summed E-state index contributed by atoms with van der Waals surface area (Å²) in [6.45, 7) is 5.16. The van der Waals surface area contributed by atoms with Gasteiger partial charge in [-0.2, -0.15) is 15.1 Å². The number of hydrogen-bond acceptors (Lipinski definition) is 10. The fourth-order valence-electron chi connectivity index (χ4n) is 4.31. The van der Waals surface area contributed by atoms with Crippen LogP contribution in [-0.2, 0) is 18.6 Å². The number of fused-ring (bicyclic) bond motifs is 1. The summed E-state index contributed by atoms with van der Waals surface area (Å²) in [7, 11) is -3.94. The van der Waals surface area contributed by atoms with Crippen molar-refractivity contribution >= 4 is 36.6 Å². The number of carbonyl (C=O) groups excluding carboxylic acids is 1. The number of nitrogens with two attached hydrogens (primary N) is 1. The lowest BCUT2D eigenvalue weighted by molar-refractivity contribution is -0.149. The molecule has 2 heterocycles. The van der Waals surface area contributed by atoms with Gasteiger partial charge in [0.15, 0.2) is 17.0 Å². The Balaban J connectivity index is 1.26. The molecule has 1 fully saturated rings. The van der Waals surface area contributed by atoms with Gasteiger partial charge in [-0.25, -0.2) is 9.55 Å². The molecule has 1 unspecified atom stereocenters. The first-order chi connectivity index (χ1) is 18.7. The number of imidazole rings is 1. The van der Waals surface area contributed by atoms with E-state index in [4.69, 9.17) is 19.5 Å². The lowest BCUT2D eigenvalue weighted by Crippen LogP contribution is -2.36. The monoisotopic (exact) mass is 555 g/mol. The average Bonchev–Trinajstić information content (AvgIpc) is 3.40. The zero-order valence-corrected chi connectivity index (χ0v) is 23.1. The number of aromatic nitrogens is 4. The highest BCUT2D eigenvalue weighted by molar-refractivity contribution is 7.52. The molecule has 12 nitrogen and oxygen atoms in total. The standard InChI is InChI=1S/C26H34N7O5P/c1-16(2)37-25(34)17(3)32-39(35,38-21-7-5-4-6-8-21)36-14-18-9-12-20(13-18)33-15-28-22-23(29-19-10-11-19)30-26(27)31-24(22)33/h4-9,12,15-20H,10-11,13-14H2,1-3H3,(H,32,35)(H3,27,29,30,31)/t17-,18+,20-,39?/m0/s1. The molecule has 39 heavy (non-hydrogen) atoms. The van der Waals surface area contributed by atoms with Crippen LogP contribution in [0.1, 0.15) is 46.1 Å². The Hall–Kier alpha value is -3.47. The van der Waals surface area contributed by atoms with Crippen molar-refractivity contribution in [1.29, 1.82) is 0 Å². The zero-order valence-electron chi connectivity index (χ0n) is 22.2. The summed E-state index contributed by atoms with van der Waals surface area (Å²) in [5.74, 6) is 0.578. The first-order valence-corrected chi connectivity index (χ1v) is 14.7. The molecule has 1 aromatic carbocycles. The molecule has 3 aromatic rings. The van der Waals surface area contributed by atoms with Crippen LogP contribution < -0.4 is 20.7 Å². The highest BCUT2D eigenvalue weighted by Crippen LogP contribution is 2.46. The quantitative estimate of drug-likeness (QED) is 0.167. The highest BCUT2D eigenvalue weighted by Gasteiger charge is 2.34. The third kappa shape index (κ3) is 6.76. The number of esters is 1. The van der Waals surface area contributed by atoms with Gasteiger partial charge in [-0.05, 0) is 52.2 Å². The van der Waals surface area contributed by atoms with Gasteiger partial charge in [-0.1, -0.05) is 30.4 Å². The van der Waals surface area contributed by atoms with E-state index in [9.17, 15) is 9.36 Å². The van der Waals surface area contributed by atoms with E-state index in [0.717, 1.165) is 12.8 Å². The van der Waals surface area contributed by atoms with Gasteiger partial charge in [0.25, 0.3) is 0 Å². The minimum absolute atomic E-state index is 0.0472. The van der Waals surface area contributed by atoms with Crippen LogP contribution >= 0.6 is 7.75 Å². The molecular formula is C26H34N7O5P. The van der Waals surface area contributed by atoms with Crippen LogP contribution in [0, 0.1) is 5.92 Å². The lowest BCUT2D eigenvalue weighted by atomic mass is 10.1. The number of benzene rings is 1. The molecule has 2 aliphatic carbocycles. The average molecular weight is 556 g/mol. The van der Waals surface area contributed by atoms with Crippen LogP contribution in [0.5, 0.6) is 5.75 Å². The maximum absolute atomic E-state index is 13.8. The van der Waals surface area contributed by atoms with Crippen molar-refractivity contribution in [3.05, 3.63) is 48.8 Å². The molecule has 0 bridgehead atoms. The molecule has 0 radical (unpaired) electrons. The van der Waals surface area contributed by atoms with E-state index in [1.807, 2.05) is 22.8 Å². The number of hydrogen-bond donors (Lipinski definition) is 3.